The van der Waals surface area contributed by atoms with Gasteiger partial charge < -0.3 is 4.55 Å². The lowest BCUT2D eigenvalue weighted by Gasteiger charge is -2.08. The Morgan fingerprint density at radius 2 is 1.63 bits per heavy atom. The zero-order valence-corrected chi connectivity index (χ0v) is 11.1. The molecule has 0 radical (unpaired) electrons. The maximum absolute atomic E-state index is 12.3. The maximum Gasteiger partial charge on any atom is 0.485 e. The number of nitrogens with zero attached hydrogens (tertiary/aromatic N) is 2. The van der Waals surface area contributed by atoms with Gasteiger partial charge in [-0.3, -0.25) is 0 Å². The van der Waals surface area contributed by atoms with Gasteiger partial charge in [0.15, 0.2) is 10.1 Å². The van der Waals surface area contributed by atoms with E-state index < -0.39 is 26.0 Å². The smallest absolute Gasteiger partial charge is 0.485 e. The normalized spacial score (nSPS) is 12.8. The molecular weight excluding hydrogens is 320 g/mol. The Labute approximate surface area is 106 Å². The highest BCUT2D eigenvalue weighted by Crippen LogP contribution is 2.20. The summed E-state index contributed by atoms with van der Waals surface area (Å²) in [5.41, 5.74) is -5.65. The molecule has 19 heavy (non-hydrogen) atoms. The molecule has 0 unspecified atom stereocenters. The van der Waals surface area contributed by atoms with Crippen LogP contribution in [0.4, 0.5) is 17.1 Å². The highest BCUT2D eigenvalue weighted by molar-refractivity contribution is 7.86. The van der Waals surface area contributed by atoms with Crippen molar-refractivity contribution in [3.05, 3.63) is 18.2 Å². The van der Waals surface area contributed by atoms with Crippen molar-refractivity contribution in [2.24, 2.45) is 7.05 Å². The fraction of sp³-hybridized carbons (Fsp3) is 0.500. The van der Waals surface area contributed by atoms with Crippen LogP contribution in [0.2, 0.25) is 0 Å². The van der Waals surface area contributed by atoms with E-state index in [0.29, 0.717) is 9.80 Å². The average Bonchev–Trinajstić information content (AvgIpc) is 2.43. The van der Waals surface area contributed by atoms with E-state index in [-0.39, 0.29) is 0 Å². The lowest BCUT2D eigenvalue weighted by atomic mass is 10.7. The fourth-order valence-corrected chi connectivity index (χ4v) is 1.41. The highest BCUT2D eigenvalue weighted by Gasteiger charge is 2.36. The molecule has 0 spiro atoms. The molecule has 1 aromatic heterocycles. The minimum absolute atomic E-state index is 0.326. The molecule has 0 fully saturated rings. The molecule has 112 valence electrons. The molecule has 0 aliphatic carbocycles. The second-order valence-electron chi connectivity index (χ2n) is 3.09. The van der Waals surface area contributed by atoms with E-state index in [1.165, 1.54) is 17.7 Å². The van der Waals surface area contributed by atoms with Crippen LogP contribution < -0.4 is 4.57 Å². The van der Waals surface area contributed by atoms with Crippen LogP contribution in [0.5, 0.6) is 0 Å². The van der Waals surface area contributed by atoms with Crippen LogP contribution in [0.25, 0.3) is 0 Å². The predicted molar refractivity (Wildman–Crippen MR) is 51.5 cm³/mol. The van der Waals surface area contributed by atoms with Crippen LogP contribution in [0.1, 0.15) is 5.82 Å². The van der Waals surface area contributed by atoms with Crippen molar-refractivity contribution < 1.29 is 43.0 Å². The number of halogens is 4. The summed E-state index contributed by atoms with van der Waals surface area (Å²) in [5, 5.41) is 0. The van der Waals surface area contributed by atoms with Gasteiger partial charge in [0.05, 0.1) is 7.05 Å². The van der Waals surface area contributed by atoms with Gasteiger partial charge in [0, 0.05) is 6.92 Å². The molecule has 7 nitrogen and oxygen atoms in total. The number of hydrogen-bond acceptors (Lipinski definition) is 5. The van der Waals surface area contributed by atoms with Gasteiger partial charge in [-0.25, -0.2) is 13.0 Å². The summed E-state index contributed by atoms with van der Waals surface area (Å²) in [6, 6.07) is 0. The van der Waals surface area contributed by atoms with Gasteiger partial charge in [-0.05, 0) is 0 Å². The Morgan fingerprint density at radius 3 is 1.74 bits per heavy atom. The maximum atomic E-state index is 12.3. The van der Waals surface area contributed by atoms with E-state index in [9.17, 15) is 25.5 Å². The molecule has 0 bridgehead atoms. The monoisotopic (exact) mass is 328 g/mol. The second kappa shape index (κ2) is 5.42. The Kier molecular flexibility index (Phi) is 5.08. The Balaban J connectivity index is 0.000000362. The summed E-state index contributed by atoms with van der Waals surface area (Å²) < 4.78 is 94.0. The molecule has 0 aliphatic heterocycles. The molecule has 0 atom stereocenters. The van der Waals surface area contributed by atoms with E-state index in [2.05, 4.69) is 0 Å². The molecule has 1 rings (SSSR count). The summed E-state index contributed by atoms with van der Waals surface area (Å²) in [5.74, 6) is 0.326. The largest absolute Gasteiger partial charge is 0.741 e. The van der Waals surface area contributed by atoms with Gasteiger partial charge in [-0.2, -0.15) is 21.6 Å². The quantitative estimate of drug-likeness (QED) is 0.232. The number of imidazole rings is 1. The van der Waals surface area contributed by atoms with E-state index in [4.69, 9.17) is 13.0 Å². The van der Waals surface area contributed by atoms with Gasteiger partial charge in [0.1, 0.15) is 12.4 Å². The van der Waals surface area contributed by atoms with Crippen LogP contribution in [0, 0.1) is 6.92 Å². The molecule has 1 aromatic rings. The molecule has 1 heterocycles. The van der Waals surface area contributed by atoms with Crippen LogP contribution in [-0.2, 0) is 27.6 Å². The van der Waals surface area contributed by atoms with E-state index in [1.54, 1.807) is 7.05 Å². The number of alkyl halides is 3. The number of aryl methyl sites for hydroxylation is 1. The molecule has 0 aromatic carbocycles. The third-order valence-corrected chi connectivity index (χ3v) is 3.20. The van der Waals surface area contributed by atoms with Crippen molar-refractivity contribution in [2.45, 2.75) is 12.4 Å². The zero-order chi connectivity index (χ0) is 15.6. The zero-order valence-electron chi connectivity index (χ0n) is 9.42. The van der Waals surface area contributed by atoms with Crippen LogP contribution >= 0.6 is 0 Å². The number of aromatic nitrogens is 2. The summed E-state index contributed by atoms with van der Waals surface area (Å²) in [7, 11) is -9.07. The first-order valence-electron chi connectivity index (χ1n) is 4.19. The third kappa shape index (κ3) is 5.12. The topological polar surface area (TPSA) is 100 Å². The summed E-state index contributed by atoms with van der Waals surface area (Å²) >= 11 is 0. The first-order valence-corrected chi connectivity index (χ1v) is 6.93. The SMILES string of the molecule is Cc1n(S(=O)(=O)F)cc[n+]1C.O=S(=O)([O-])C(F)(F)F. The Bertz CT molecular complexity index is 646. The van der Waals surface area contributed by atoms with Crippen molar-refractivity contribution in [1.29, 1.82) is 0 Å². The van der Waals surface area contributed by atoms with Gasteiger partial charge in [0.25, 0.3) is 5.82 Å². The summed E-state index contributed by atoms with van der Waals surface area (Å²) in [6.45, 7) is 1.51. The standard InChI is InChI=1S/C5H8FN2O2S.CHF3O3S/c1-5-7(2)3-4-8(5)11(6,9)10;2-1(3,4)8(5,6)7/h3-4H,1-2H3;(H,5,6,7)/q+1;/p-1. The number of hydrogen-bond donors (Lipinski definition) is 0. The molecule has 0 saturated carbocycles. The lowest BCUT2D eigenvalue weighted by Crippen LogP contribution is -2.30. The molecule has 13 heteroatoms. The first kappa shape index (κ1) is 17.8. The van der Waals surface area contributed by atoms with Crippen molar-refractivity contribution >= 4 is 20.5 Å². The minimum Gasteiger partial charge on any atom is -0.741 e. The van der Waals surface area contributed by atoms with Crippen molar-refractivity contribution in [1.82, 2.24) is 3.97 Å². The lowest BCUT2D eigenvalue weighted by molar-refractivity contribution is -0.676. The van der Waals surface area contributed by atoms with Gasteiger partial charge in [-0.15, -0.1) is 0 Å². The number of rotatable bonds is 1. The minimum atomic E-state index is -6.09. The van der Waals surface area contributed by atoms with E-state index in [0.717, 1.165) is 6.20 Å². The molecule has 0 N–H and O–H groups in total. The van der Waals surface area contributed by atoms with Crippen LogP contribution in [0.15, 0.2) is 12.4 Å². The van der Waals surface area contributed by atoms with Gasteiger partial charge in [-0.1, -0.05) is 7.86 Å². The van der Waals surface area contributed by atoms with Crippen molar-refractivity contribution in [3.63, 3.8) is 0 Å². The molecular formula is C6H8F4N2O5S2. The predicted octanol–water partition coefficient (Wildman–Crippen LogP) is -0.265. The fourth-order valence-electron chi connectivity index (χ4n) is 0.762. The van der Waals surface area contributed by atoms with Crippen LogP contribution in [-0.4, -0.2) is 30.9 Å². The summed E-state index contributed by atoms with van der Waals surface area (Å²) in [4.78, 5) is 0. The van der Waals surface area contributed by atoms with Gasteiger partial charge >= 0.3 is 15.9 Å². The molecule has 0 amide bonds. The van der Waals surface area contributed by atoms with E-state index in [1.807, 2.05) is 0 Å². The molecule has 0 saturated heterocycles. The Morgan fingerprint density at radius 1 is 1.26 bits per heavy atom. The van der Waals surface area contributed by atoms with E-state index >= 15 is 0 Å². The van der Waals surface area contributed by atoms with Gasteiger partial charge in [0.2, 0.25) is 0 Å². The molecule has 0 aliphatic rings. The third-order valence-electron chi connectivity index (χ3n) is 1.77. The average molecular weight is 328 g/mol. The van der Waals surface area contributed by atoms with Crippen LogP contribution in [0.3, 0.4) is 0 Å². The second-order valence-corrected chi connectivity index (χ2v) is 5.68. The van der Waals surface area contributed by atoms with Crippen molar-refractivity contribution in [3.8, 4) is 0 Å². The summed E-state index contributed by atoms with van der Waals surface area (Å²) in [6.07, 6.45) is 2.62. The Hall–Kier alpha value is -1.21. The van der Waals surface area contributed by atoms with Crippen molar-refractivity contribution in [2.75, 3.05) is 0 Å². The first-order chi connectivity index (χ1) is 8.18. The highest BCUT2D eigenvalue weighted by atomic mass is 32.3.